The third kappa shape index (κ3) is 1.56. The van der Waals surface area contributed by atoms with Crippen molar-refractivity contribution in [1.29, 1.82) is 0 Å². The predicted molar refractivity (Wildman–Crippen MR) is 63.7 cm³/mol. The molecule has 0 nitrogen and oxygen atoms in total. The number of fused-ring (bicyclic) bond motifs is 1. The fraction of sp³-hybridized carbons (Fsp3) is 0.200. The summed E-state index contributed by atoms with van der Waals surface area (Å²) >= 11 is 0. The lowest BCUT2D eigenvalue weighted by atomic mass is 9.87. The van der Waals surface area contributed by atoms with Gasteiger partial charge in [0.1, 0.15) is 0 Å². The van der Waals surface area contributed by atoms with E-state index in [4.69, 9.17) is 0 Å². The summed E-state index contributed by atoms with van der Waals surface area (Å²) in [7, 11) is 0. The first-order valence-corrected chi connectivity index (χ1v) is 5.56. The van der Waals surface area contributed by atoms with E-state index < -0.39 is 0 Å². The average Bonchev–Trinajstić information content (AvgIpc) is 2.77. The fourth-order valence-electron chi connectivity index (χ4n) is 2.40. The molecule has 2 aliphatic rings. The number of hydrogen-bond acceptors (Lipinski definition) is 0. The Kier molecular flexibility index (Phi) is 2.06. The van der Waals surface area contributed by atoms with Crippen molar-refractivity contribution in [2.75, 3.05) is 0 Å². The Morgan fingerprint density at radius 2 is 1.93 bits per heavy atom. The minimum atomic E-state index is 0.588. The van der Waals surface area contributed by atoms with E-state index >= 15 is 0 Å². The van der Waals surface area contributed by atoms with Crippen LogP contribution in [-0.2, 0) is 0 Å². The summed E-state index contributed by atoms with van der Waals surface area (Å²) in [6.45, 7) is 0. The molecule has 0 spiro atoms. The second kappa shape index (κ2) is 3.54. The molecule has 1 atom stereocenters. The Hall–Kier alpha value is -1.56. The van der Waals surface area contributed by atoms with Gasteiger partial charge in [0.25, 0.3) is 0 Å². The second-order valence-electron chi connectivity index (χ2n) is 4.21. The molecule has 1 aromatic carbocycles. The van der Waals surface area contributed by atoms with Gasteiger partial charge in [-0.1, -0.05) is 54.6 Å². The van der Waals surface area contributed by atoms with Gasteiger partial charge in [-0.2, -0.15) is 0 Å². The molecule has 0 radical (unpaired) electrons. The molecule has 0 fully saturated rings. The lowest BCUT2D eigenvalue weighted by Crippen LogP contribution is -2.00. The minimum absolute atomic E-state index is 0.588. The van der Waals surface area contributed by atoms with Crippen LogP contribution in [0.3, 0.4) is 0 Å². The number of rotatable bonds is 1. The van der Waals surface area contributed by atoms with Crippen molar-refractivity contribution >= 4 is 0 Å². The van der Waals surface area contributed by atoms with Crippen LogP contribution in [0.15, 0.2) is 65.8 Å². The lowest BCUT2D eigenvalue weighted by Gasteiger charge is -2.18. The van der Waals surface area contributed by atoms with E-state index in [0.717, 1.165) is 12.8 Å². The van der Waals surface area contributed by atoms with Gasteiger partial charge in [0, 0.05) is 5.92 Å². The molecule has 0 saturated heterocycles. The molecule has 1 aromatic rings. The van der Waals surface area contributed by atoms with Crippen LogP contribution in [0.2, 0.25) is 0 Å². The Balaban J connectivity index is 1.91. The smallest absolute Gasteiger partial charge is 0.00589 e. The van der Waals surface area contributed by atoms with Gasteiger partial charge < -0.3 is 0 Å². The van der Waals surface area contributed by atoms with Crippen LogP contribution in [0.1, 0.15) is 24.3 Å². The molecule has 0 heterocycles. The summed E-state index contributed by atoms with van der Waals surface area (Å²) in [4.78, 5) is 0. The molecule has 0 bridgehead atoms. The molecular formula is C15H14. The Bertz CT molecular complexity index is 446. The van der Waals surface area contributed by atoms with Gasteiger partial charge in [-0.15, -0.1) is 0 Å². The molecule has 15 heavy (non-hydrogen) atoms. The largest absolute Gasteiger partial charge is 0.0795 e. The summed E-state index contributed by atoms with van der Waals surface area (Å²) < 4.78 is 0. The lowest BCUT2D eigenvalue weighted by molar-refractivity contribution is 0.835. The number of hydrogen-bond donors (Lipinski definition) is 0. The molecule has 74 valence electrons. The van der Waals surface area contributed by atoms with Crippen molar-refractivity contribution in [3.63, 3.8) is 0 Å². The molecular weight excluding hydrogens is 180 g/mol. The Labute approximate surface area is 90.6 Å². The van der Waals surface area contributed by atoms with Crippen LogP contribution < -0.4 is 0 Å². The first kappa shape index (κ1) is 8.72. The first-order chi connectivity index (χ1) is 7.43. The molecule has 0 heteroatoms. The zero-order chi connectivity index (χ0) is 10.1. The van der Waals surface area contributed by atoms with Crippen molar-refractivity contribution in [2.45, 2.75) is 18.8 Å². The predicted octanol–water partition coefficient (Wildman–Crippen LogP) is 3.99. The first-order valence-electron chi connectivity index (χ1n) is 5.56. The Morgan fingerprint density at radius 3 is 2.80 bits per heavy atom. The van der Waals surface area contributed by atoms with E-state index in [0.29, 0.717) is 5.92 Å². The van der Waals surface area contributed by atoms with Gasteiger partial charge in [-0.05, 0) is 29.6 Å². The van der Waals surface area contributed by atoms with Gasteiger partial charge in [0.05, 0.1) is 0 Å². The van der Waals surface area contributed by atoms with Gasteiger partial charge in [-0.25, -0.2) is 0 Å². The summed E-state index contributed by atoms with van der Waals surface area (Å²) in [6, 6.07) is 10.8. The van der Waals surface area contributed by atoms with E-state index in [1.165, 1.54) is 16.7 Å². The molecule has 0 N–H and O–H groups in total. The van der Waals surface area contributed by atoms with Gasteiger partial charge in [0.2, 0.25) is 0 Å². The average molecular weight is 194 g/mol. The van der Waals surface area contributed by atoms with Crippen LogP contribution in [0.25, 0.3) is 0 Å². The van der Waals surface area contributed by atoms with Crippen molar-refractivity contribution in [3.05, 3.63) is 71.3 Å². The summed E-state index contributed by atoms with van der Waals surface area (Å²) in [5.74, 6) is 0.588. The van der Waals surface area contributed by atoms with E-state index in [1.807, 2.05) is 0 Å². The highest BCUT2D eigenvalue weighted by Gasteiger charge is 2.17. The van der Waals surface area contributed by atoms with Gasteiger partial charge in [0.15, 0.2) is 0 Å². The van der Waals surface area contributed by atoms with E-state index in [-0.39, 0.29) is 0 Å². The fourth-order valence-corrected chi connectivity index (χ4v) is 2.40. The highest BCUT2D eigenvalue weighted by molar-refractivity contribution is 5.50. The maximum Gasteiger partial charge on any atom is 0.00589 e. The third-order valence-corrected chi connectivity index (χ3v) is 3.23. The quantitative estimate of drug-likeness (QED) is 0.634. The normalized spacial score (nSPS) is 23.3. The monoisotopic (exact) mass is 194 g/mol. The molecule has 0 aliphatic heterocycles. The highest BCUT2D eigenvalue weighted by atomic mass is 14.2. The Morgan fingerprint density at radius 1 is 1.07 bits per heavy atom. The summed E-state index contributed by atoms with van der Waals surface area (Å²) in [5, 5.41) is 0. The van der Waals surface area contributed by atoms with Crippen LogP contribution in [0.4, 0.5) is 0 Å². The van der Waals surface area contributed by atoms with E-state index in [2.05, 4.69) is 54.6 Å². The topological polar surface area (TPSA) is 0 Å². The van der Waals surface area contributed by atoms with E-state index in [9.17, 15) is 0 Å². The molecule has 1 unspecified atom stereocenters. The van der Waals surface area contributed by atoms with Crippen LogP contribution in [0, 0.1) is 0 Å². The molecule has 0 saturated carbocycles. The SMILES string of the molecule is C1=CC2=CCC(c3ccccc3)C=C2C1. The van der Waals surface area contributed by atoms with Crippen molar-refractivity contribution in [1.82, 2.24) is 0 Å². The van der Waals surface area contributed by atoms with Gasteiger partial charge in [-0.3, -0.25) is 0 Å². The zero-order valence-electron chi connectivity index (χ0n) is 8.69. The maximum absolute atomic E-state index is 2.44. The standard InChI is InChI=1S/C15H14/c1-2-5-12(6-3-1)15-10-9-13-7-4-8-14(13)11-15/h1-7,9,11,15H,8,10H2. The molecule has 0 aromatic heterocycles. The van der Waals surface area contributed by atoms with Gasteiger partial charge >= 0.3 is 0 Å². The minimum Gasteiger partial charge on any atom is -0.0795 e. The zero-order valence-corrected chi connectivity index (χ0v) is 8.69. The second-order valence-corrected chi connectivity index (χ2v) is 4.21. The van der Waals surface area contributed by atoms with Crippen LogP contribution in [0.5, 0.6) is 0 Å². The molecule has 2 aliphatic carbocycles. The van der Waals surface area contributed by atoms with Crippen LogP contribution in [-0.4, -0.2) is 0 Å². The van der Waals surface area contributed by atoms with E-state index in [1.54, 1.807) is 0 Å². The van der Waals surface area contributed by atoms with Crippen molar-refractivity contribution in [3.8, 4) is 0 Å². The number of benzene rings is 1. The third-order valence-electron chi connectivity index (χ3n) is 3.23. The summed E-state index contributed by atoms with van der Waals surface area (Å²) in [6.07, 6.45) is 11.6. The summed E-state index contributed by atoms with van der Waals surface area (Å²) in [5.41, 5.74) is 4.39. The maximum atomic E-state index is 2.44. The highest BCUT2D eigenvalue weighted by Crippen LogP contribution is 2.35. The molecule has 0 amide bonds. The molecule has 3 rings (SSSR count). The van der Waals surface area contributed by atoms with Crippen molar-refractivity contribution in [2.24, 2.45) is 0 Å². The van der Waals surface area contributed by atoms with Crippen molar-refractivity contribution < 1.29 is 0 Å². The van der Waals surface area contributed by atoms with Crippen LogP contribution >= 0.6 is 0 Å². The number of allylic oxidation sites excluding steroid dienone is 6.